The maximum Gasteiger partial charge on any atom is 0.245 e. The quantitative estimate of drug-likeness (QED) is 0.773. The summed E-state index contributed by atoms with van der Waals surface area (Å²) in [6.45, 7) is 0. The first-order chi connectivity index (χ1) is 10.3. The summed E-state index contributed by atoms with van der Waals surface area (Å²) in [6.07, 6.45) is 1.70. The van der Waals surface area contributed by atoms with Crippen LogP contribution in [0.25, 0.3) is 10.9 Å². The van der Waals surface area contributed by atoms with Gasteiger partial charge in [-0.15, -0.1) is 0 Å². The molecule has 21 heavy (non-hydrogen) atoms. The van der Waals surface area contributed by atoms with Crippen LogP contribution < -0.4 is 11.1 Å². The Balaban J connectivity index is 1.87. The Bertz CT molecular complexity index is 766. The van der Waals surface area contributed by atoms with Gasteiger partial charge in [-0.1, -0.05) is 48.5 Å². The molecule has 0 radical (unpaired) electrons. The highest BCUT2D eigenvalue weighted by Gasteiger charge is 2.16. The van der Waals surface area contributed by atoms with E-state index in [4.69, 9.17) is 5.73 Å². The lowest BCUT2D eigenvalue weighted by atomic mass is 10.1. The molecule has 3 aromatic rings. The normalized spacial score (nSPS) is 12.0. The molecule has 0 saturated carbocycles. The first-order valence-corrected chi connectivity index (χ1v) is 6.71. The number of nitrogens with two attached hydrogens (primary N) is 1. The molecule has 0 aliphatic carbocycles. The van der Waals surface area contributed by atoms with Crippen molar-refractivity contribution in [3.8, 4) is 0 Å². The molecular weight excluding hydrogens is 262 g/mol. The number of hydrogen-bond acceptors (Lipinski definition) is 3. The second kappa shape index (κ2) is 5.73. The monoisotopic (exact) mass is 277 g/mol. The molecule has 1 heterocycles. The van der Waals surface area contributed by atoms with Crippen molar-refractivity contribution in [3.63, 3.8) is 0 Å². The first-order valence-electron chi connectivity index (χ1n) is 6.71. The van der Waals surface area contributed by atoms with E-state index in [2.05, 4.69) is 10.3 Å². The average Bonchev–Trinajstić information content (AvgIpc) is 2.55. The van der Waals surface area contributed by atoms with Gasteiger partial charge >= 0.3 is 0 Å². The minimum Gasteiger partial charge on any atom is -0.323 e. The van der Waals surface area contributed by atoms with E-state index in [1.807, 2.05) is 60.7 Å². The van der Waals surface area contributed by atoms with Gasteiger partial charge in [0.15, 0.2) is 0 Å². The number of carbonyl (C=O) groups excluding carboxylic acids is 1. The fourth-order valence-electron chi connectivity index (χ4n) is 2.23. The number of para-hydroxylation sites is 1. The van der Waals surface area contributed by atoms with Crippen LogP contribution in [0.5, 0.6) is 0 Å². The van der Waals surface area contributed by atoms with Crippen LogP contribution >= 0.6 is 0 Å². The Morgan fingerprint density at radius 2 is 1.76 bits per heavy atom. The fraction of sp³-hybridized carbons (Fsp3) is 0.0588. The molecule has 1 amide bonds. The number of nitrogens with one attached hydrogen (secondary N) is 1. The first kappa shape index (κ1) is 13.3. The number of anilines is 1. The van der Waals surface area contributed by atoms with Crippen LogP contribution in [0.4, 0.5) is 5.69 Å². The van der Waals surface area contributed by atoms with E-state index < -0.39 is 6.04 Å². The molecule has 104 valence electrons. The van der Waals surface area contributed by atoms with Crippen LogP contribution in [-0.4, -0.2) is 10.9 Å². The van der Waals surface area contributed by atoms with Crippen LogP contribution in [0.15, 0.2) is 66.9 Å². The zero-order valence-corrected chi connectivity index (χ0v) is 11.4. The second-order valence-electron chi connectivity index (χ2n) is 4.76. The van der Waals surface area contributed by atoms with Crippen LogP contribution in [0.1, 0.15) is 11.6 Å². The molecule has 4 nitrogen and oxygen atoms in total. The lowest BCUT2D eigenvalue weighted by Crippen LogP contribution is -2.27. The lowest BCUT2D eigenvalue weighted by molar-refractivity contribution is -0.117. The fourth-order valence-corrected chi connectivity index (χ4v) is 2.23. The standard InChI is InChI=1S/C17H15N3O/c18-15(12-6-2-1-3-7-12)17(21)20-14-10-4-8-13-9-5-11-19-16(13)14/h1-11,15H,18H2,(H,20,21). The molecule has 0 aliphatic rings. The zero-order chi connectivity index (χ0) is 14.7. The highest BCUT2D eigenvalue weighted by molar-refractivity contribution is 6.02. The number of hydrogen-bond donors (Lipinski definition) is 2. The van der Waals surface area contributed by atoms with E-state index in [1.165, 1.54) is 0 Å². The highest BCUT2D eigenvalue weighted by atomic mass is 16.2. The maximum atomic E-state index is 12.3. The SMILES string of the molecule is NC(C(=O)Nc1cccc2cccnc12)c1ccccc1. The van der Waals surface area contributed by atoms with Gasteiger partial charge in [-0.2, -0.15) is 0 Å². The number of amides is 1. The van der Waals surface area contributed by atoms with Gasteiger partial charge in [-0.25, -0.2) is 0 Å². The van der Waals surface area contributed by atoms with Crippen molar-refractivity contribution in [2.24, 2.45) is 5.73 Å². The van der Waals surface area contributed by atoms with E-state index in [0.717, 1.165) is 16.5 Å². The molecule has 4 heteroatoms. The predicted octanol–water partition coefficient (Wildman–Crippen LogP) is 2.87. The lowest BCUT2D eigenvalue weighted by Gasteiger charge is -2.13. The minimum absolute atomic E-state index is 0.251. The van der Waals surface area contributed by atoms with Gasteiger partial charge in [0.1, 0.15) is 6.04 Å². The molecule has 0 fully saturated rings. The molecule has 0 saturated heterocycles. The highest BCUT2D eigenvalue weighted by Crippen LogP contribution is 2.22. The topological polar surface area (TPSA) is 68.0 Å². The second-order valence-corrected chi connectivity index (χ2v) is 4.76. The molecule has 0 spiro atoms. The predicted molar refractivity (Wildman–Crippen MR) is 83.7 cm³/mol. The summed E-state index contributed by atoms with van der Waals surface area (Å²) in [7, 11) is 0. The Morgan fingerprint density at radius 1 is 1.00 bits per heavy atom. The summed E-state index contributed by atoms with van der Waals surface area (Å²) >= 11 is 0. The van der Waals surface area contributed by atoms with Gasteiger partial charge in [0.05, 0.1) is 11.2 Å². The van der Waals surface area contributed by atoms with Gasteiger partial charge in [0.25, 0.3) is 0 Å². The number of nitrogens with zero attached hydrogens (tertiary/aromatic N) is 1. The number of fused-ring (bicyclic) bond motifs is 1. The summed E-state index contributed by atoms with van der Waals surface area (Å²) in [5.41, 5.74) is 8.21. The van der Waals surface area contributed by atoms with Crippen LogP contribution in [0, 0.1) is 0 Å². The molecule has 3 rings (SSSR count). The van der Waals surface area contributed by atoms with E-state index in [-0.39, 0.29) is 5.91 Å². The van der Waals surface area contributed by atoms with Crippen molar-refractivity contribution in [1.82, 2.24) is 4.98 Å². The largest absolute Gasteiger partial charge is 0.323 e. The Hall–Kier alpha value is -2.72. The molecule has 3 N–H and O–H groups in total. The van der Waals surface area contributed by atoms with Crippen molar-refractivity contribution in [2.45, 2.75) is 6.04 Å². The van der Waals surface area contributed by atoms with E-state index in [0.29, 0.717) is 5.69 Å². The van der Waals surface area contributed by atoms with Crippen molar-refractivity contribution in [2.75, 3.05) is 5.32 Å². The smallest absolute Gasteiger partial charge is 0.245 e. The number of benzene rings is 2. The number of carbonyl (C=O) groups is 1. The summed E-state index contributed by atoms with van der Waals surface area (Å²) in [6, 6.07) is 18.1. The van der Waals surface area contributed by atoms with Crippen LogP contribution in [-0.2, 0) is 4.79 Å². The summed E-state index contributed by atoms with van der Waals surface area (Å²) < 4.78 is 0. The molecule has 1 unspecified atom stereocenters. The Morgan fingerprint density at radius 3 is 2.57 bits per heavy atom. The third-order valence-electron chi connectivity index (χ3n) is 3.33. The Labute approximate surface area is 122 Å². The van der Waals surface area contributed by atoms with E-state index in [9.17, 15) is 4.79 Å². The number of aromatic nitrogens is 1. The summed E-state index contributed by atoms with van der Waals surface area (Å²) in [5, 5.41) is 3.83. The van der Waals surface area contributed by atoms with Crippen molar-refractivity contribution < 1.29 is 4.79 Å². The van der Waals surface area contributed by atoms with Gasteiger partial charge in [0.2, 0.25) is 5.91 Å². The van der Waals surface area contributed by atoms with Gasteiger partial charge < -0.3 is 11.1 Å². The van der Waals surface area contributed by atoms with Gasteiger partial charge in [-0.3, -0.25) is 9.78 Å². The van der Waals surface area contributed by atoms with Crippen molar-refractivity contribution in [1.29, 1.82) is 0 Å². The van der Waals surface area contributed by atoms with E-state index in [1.54, 1.807) is 6.20 Å². The molecular formula is C17H15N3O. The van der Waals surface area contributed by atoms with Gasteiger partial charge in [0, 0.05) is 11.6 Å². The molecule has 0 bridgehead atoms. The third kappa shape index (κ3) is 2.75. The Kier molecular flexibility index (Phi) is 3.62. The van der Waals surface area contributed by atoms with E-state index >= 15 is 0 Å². The minimum atomic E-state index is -0.704. The third-order valence-corrected chi connectivity index (χ3v) is 3.33. The average molecular weight is 277 g/mol. The molecule has 2 aromatic carbocycles. The molecule has 1 aromatic heterocycles. The van der Waals surface area contributed by atoms with Gasteiger partial charge in [-0.05, 0) is 17.7 Å². The zero-order valence-electron chi connectivity index (χ0n) is 11.4. The summed E-state index contributed by atoms with van der Waals surface area (Å²) in [4.78, 5) is 16.6. The van der Waals surface area contributed by atoms with Crippen LogP contribution in [0.3, 0.4) is 0 Å². The van der Waals surface area contributed by atoms with Crippen molar-refractivity contribution >= 4 is 22.5 Å². The van der Waals surface area contributed by atoms with Crippen molar-refractivity contribution in [3.05, 3.63) is 72.4 Å². The summed E-state index contributed by atoms with van der Waals surface area (Å²) in [5.74, 6) is -0.251. The van der Waals surface area contributed by atoms with Crippen LogP contribution in [0.2, 0.25) is 0 Å². The molecule has 0 aliphatic heterocycles. The number of rotatable bonds is 3. The maximum absolute atomic E-state index is 12.3. The molecule has 1 atom stereocenters. The number of pyridine rings is 1.